The van der Waals surface area contributed by atoms with Crippen molar-refractivity contribution in [3.63, 3.8) is 0 Å². The van der Waals surface area contributed by atoms with Crippen LogP contribution in [-0.2, 0) is 22.8 Å². The summed E-state index contributed by atoms with van der Waals surface area (Å²) in [7, 11) is 0. The van der Waals surface area contributed by atoms with E-state index in [1.807, 2.05) is 0 Å². The summed E-state index contributed by atoms with van der Waals surface area (Å²) in [5, 5.41) is 0. The van der Waals surface area contributed by atoms with E-state index in [2.05, 4.69) is 0 Å². The van der Waals surface area contributed by atoms with Crippen molar-refractivity contribution in [2.75, 3.05) is 0 Å². The van der Waals surface area contributed by atoms with Gasteiger partial charge in [0.15, 0.2) is 0 Å². The van der Waals surface area contributed by atoms with Crippen molar-refractivity contribution in [1.29, 1.82) is 0 Å². The van der Waals surface area contributed by atoms with Gasteiger partial charge in [-0.3, -0.25) is 0 Å². The van der Waals surface area contributed by atoms with Crippen molar-refractivity contribution in [2.24, 2.45) is 0 Å². The van der Waals surface area contributed by atoms with Crippen LogP contribution >= 0.6 is 0 Å². The number of hydrogen-bond donors (Lipinski definition) is 6. The molecular weight excluding hydrogens is 517 g/mol. The Kier molecular flexibility index (Phi) is 302. The summed E-state index contributed by atoms with van der Waals surface area (Å²) in [6, 6.07) is 0. The van der Waals surface area contributed by atoms with Crippen LogP contribution in [0, 0.1) is 35.6 Å². The fraction of sp³-hybridized carbons (Fsp3) is 0. The van der Waals surface area contributed by atoms with Crippen molar-refractivity contribution in [3.05, 3.63) is 0 Å². The molecule has 0 bridgehead atoms. The van der Waals surface area contributed by atoms with Gasteiger partial charge in [-0.05, 0) is 0 Å². The Hall–Kier alpha value is 2.76. The molecule has 0 atom stereocenters. The first kappa shape index (κ1) is 49.5. The van der Waals surface area contributed by atoms with Gasteiger partial charge in [0.1, 0.15) is 0 Å². The predicted octanol–water partition coefficient (Wildman–Crippen LogP) is -6.50. The second-order valence-electron chi connectivity index (χ2n) is 0.632. The van der Waals surface area contributed by atoms with E-state index < -0.39 is 92.9 Å². The second-order valence-corrected chi connectivity index (χ2v) is 1.90. The Morgan fingerprint density at radius 2 is 0.450 bits per heavy atom. The normalized spacial score (nSPS) is 2.40. The summed E-state index contributed by atoms with van der Waals surface area (Å²) in [6.45, 7) is 0. The van der Waals surface area contributed by atoms with E-state index in [-0.39, 0.29) is 61.5 Å². The van der Waals surface area contributed by atoms with Crippen molar-refractivity contribution in [2.45, 2.75) is 0 Å². The van der Waals surface area contributed by atoms with E-state index in [9.17, 15) is 0 Å². The standard InChI is InChI=1S/6Al.La.Mg.6H2O.6O.2H/h;;;;;;;;6*1H2;;;;;;;;/q6*+1;;+2;;;;;;;;;;;;;2*-1/p-6. The van der Waals surface area contributed by atoms with Gasteiger partial charge in [0.2, 0.25) is 0 Å². The first-order valence-corrected chi connectivity index (χ1v) is 8.89. The molecule has 0 saturated carbocycles. The maximum atomic E-state index is 8.57. The Labute approximate surface area is 199 Å². The molecule has 0 aromatic rings. The van der Waals surface area contributed by atoms with Gasteiger partial charge in [-0.1, -0.05) is 0 Å². The summed E-state index contributed by atoms with van der Waals surface area (Å²) in [5.74, 6) is 0. The van der Waals surface area contributed by atoms with Gasteiger partial charge in [0.05, 0.1) is 0 Å². The van der Waals surface area contributed by atoms with Gasteiger partial charge in [-0.15, -0.1) is 0 Å². The maximum absolute atomic E-state index is 8.57. The molecule has 0 amide bonds. The van der Waals surface area contributed by atoms with Crippen LogP contribution in [0.1, 0.15) is 2.85 Å². The fourth-order valence-corrected chi connectivity index (χ4v) is 0. The Balaban J connectivity index is -0.00000000947. The Morgan fingerprint density at radius 3 is 0.450 bits per heavy atom. The van der Waals surface area contributed by atoms with E-state index in [1.54, 1.807) is 0 Å². The van der Waals surface area contributed by atoms with Crippen LogP contribution in [0.25, 0.3) is 0 Å². The summed E-state index contributed by atoms with van der Waals surface area (Å²) in [6.07, 6.45) is 0. The number of rotatable bonds is 0. The van der Waals surface area contributed by atoms with E-state index in [0.717, 1.165) is 0 Å². The SMILES string of the molecule is [H-].[H-].[La].[Mg+2].[O]=[Al][OH].[O]=[Al][OH].[O]=[Al][OH].[O]=[Al][OH].[O]=[Al][OH].[O]=[Al][OH]. The third kappa shape index (κ3) is 1070. The molecule has 0 fully saturated rings. The van der Waals surface area contributed by atoms with Crippen LogP contribution in [-0.4, -0.2) is 141 Å². The molecular formula is H8Al6LaMgO12. The van der Waals surface area contributed by atoms with Crippen molar-refractivity contribution < 1.29 is 86.2 Å². The van der Waals surface area contributed by atoms with Gasteiger partial charge in [0, 0.05) is 35.6 Å². The van der Waals surface area contributed by atoms with E-state index in [0.29, 0.717) is 0 Å². The van der Waals surface area contributed by atoms with Crippen LogP contribution in [0.3, 0.4) is 0 Å². The predicted molar refractivity (Wildman–Crippen MR) is 59.9 cm³/mol. The molecule has 20 heavy (non-hydrogen) atoms. The van der Waals surface area contributed by atoms with E-state index >= 15 is 0 Å². The Bertz CT molecular complexity index is 129. The summed E-state index contributed by atoms with van der Waals surface area (Å²) in [4.78, 5) is 0. The monoisotopic (exact) mass is 525 g/mol. The van der Waals surface area contributed by atoms with Crippen molar-refractivity contribution >= 4 is 116 Å². The van der Waals surface area contributed by atoms with Gasteiger partial charge in [-0.2, -0.15) is 0 Å². The molecule has 0 aliphatic carbocycles. The molecule has 6 N–H and O–H groups in total. The van der Waals surface area contributed by atoms with Crippen molar-refractivity contribution in [1.82, 2.24) is 0 Å². The molecule has 0 aliphatic rings. The zero-order chi connectivity index (χ0) is 16.2. The molecule has 1 radical (unpaired) electrons. The summed E-state index contributed by atoms with van der Waals surface area (Å²) in [5.41, 5.74) is 0. The van der Waals surface area contributed by atoms with Crippen LogP contribution in [0.5, 0.6) is 0 Å². The summed E-state index contributed by atoms with van der Waals surface area (Å²) < 4.78 is 94.0. The van der Waals surface area contributed by atoms with Gasteiger partial charge in [-0.25, -0.2) is 0 Å². The molecule has 103 valence electrons. The fourth-order valence-electron chi connectivity index (χ4n) is 0. The second kappa shape index (κ2) is 122. The molecule has 0 spiro atoms. The quantitative estimate of drug-likeness (QED) is 0.163. The minimum atomic E-state index is -1.50. The van der Waals surface area contributed by atoms with Gasteiger partial charge in [0.25, 0.3) is 0 Å². The topological polar surface area (TPSA) is 224 Å². The number of hydrogen-bond acceptors (Lipinski definition) is 6. The molecule has 0 aliphatic heterocycles. The minimum absolute atomic E-state index is 0. The zero-order valence-electron chi connectivity index (χ0n) is 11.9. The van der Waals surface area contributed by atoms with E-state index in [1.165, 1.54) is 0 Å². The molecule has 0 aromatic heterocycles. The molecule has 12 nitrogen and oxygen atoms in total. The van der Waals surface area contributed by atoms with Gasteiger partial charge >= 0.3 is 164 Å². The molecule has 0 rings (SSSR count). The van der Waals surface area contributed by atoms with Crippen LogP contribution in [0.2, 0.25) is 0 Å². The first-order chi connectivity index (χ1) is 8.49. The van der Waals surface area contributed by atoms with E-state index in [4.69, 9.17) is 47.8 Å². The van der Waals surface area contributed by atoms with Gasteiger partial charge < -0.3 is 2.85 Å². The average molecular weight is 525 g/mol. The van der Waals surface area contributed by atoms with Crippen molar-refractivity contribution in [3.8, 4) is 0 Å². The Morgan fingerprint density at radius 1 is 0.450 bits per heavy atom. The van der Waals surface area contributed by atoms with Crippen LogP contribution in [0.4, 0.5) is 0 Å². The summed E-state index contributed by atoms with van der Waals surface area (Å²) >= 11 is -9.00. The van der Waals surface area contributed by atoms with Crippen LogP contribution < -0.4 is 0 Å². The third-order valence-corrected chi connectivity index (χ3v) is 0. The van der Waals surface area contributed by atoms with Crippen LogP contribution in [0.15, 0.2) is 0 Å². The third-order valence-electron chi connectivity index (χ3n) is 0. The zero-order valence-corrected chi connectivity index (χ0v) is 21.8. The molecule has 0 aromatic carbocycles. The molecule has 0 unspecified atom stereocenters. The average Bonchev–Trinajstić information content (AvgIpc) is 2.23. The molecule has 0 saturated heterocycles. The molecule has 20 heteroatoms. The first-order valence-electron chi connectivity index (χ1n) is 2.96. The molecule has 0 heterocycles.